The number of methoxy groups -OCH3 is 2. The normalized spacial score (nSPS) is 13.4. The van der Waals surface area contributed by atoms with E-state index in [1.807, 2.05) is 0 Å². The summed E-state index contributed by atoms with van der Waals surface area (Å²) in [6.45, 7) is 2.73. The molecule has 9 nitrogen and oxygen atoms in total. The van der Waals surface area contributed by atoms with Crippen molar-refractivity contribution in [1.29, 1.82) is 0 Å². The number of benzene rings is 2. The molecule has 0 unspecified atom stereocenters. The first-order valence-electron chi connectivity index (χ1n) is 10.1. The molecule has 0 atom stereocenters. The number of aromatic nitrogens is 2. The fraction of sp³-hybridized carbons (Fsp3) is 0.261. The minimum atomic E-state index is -0.270. The van der Waals surface area contributed by atoms with E-state index in [9.17, 15) is 4.79 Å². The molecule has 1 aliphatic heterocycles. The fourth-order valence-corrected chi connectivity index (χ4v) is 3.26. The molecule has 1 fully saturated rings. The van der Waals surface area contributed by atoms with Crippen molar-refractivity contribution in [2.45, 2.75) is 0 Å². The third-order valence-corrected chi connectivity index (χ3v) is 4.95. The van der Waals surface area contributed by atoms with Crippen LogP contribution in [0.1, 0.15) is 10.4 Å². The van der Waals surface area contributed by atoms with Gasteiger partial charge in [0.25, 0.3) is 11.8 Å². The van der Waals surface area contributed by atoms with Crippen molar-refractivity contribution in [3.8, 4) is 23.1 Å². The highest BCUT2D eigenvalue weighted by atomic mass is 16.5. The van der Waals surface area contributed by atoms with Gasteiger partial charge in [0.05, 0.1) is 33.1 Å². The summed E-state index contributed by atoms with van der Waals surface area (Å²) in [7, 11) is 3.11. The summed E-state index contributed by atoms with van der Waals surface area (Å²) in [5.41, 5.74) is 1.02. The van der Waals surface area contributed by atoms with Gasteiger partial charge >= 0.3 is 0 Å². The molecule has 166 valence electrons. The monoisotopic (exact) mass is 436 g/mol. The molecule has 1 N–H and O–H groups in total. The van der Waals surface area contributed by atoms with Gasteiger partial charge in [0, 0.05) is 37.1 Å². The highest BCUT2D eigenvalue weighted by molar-refractivity contribution is 6.05. The number of morpholine rings is 1. The van der Waals surface area contributed by atoms with E-state index >= 15 is 0 Å². The summed E-state index contributed by atoms with van der Waals surface area (Å²) < 4.78 is 21.9. The van der Waals surface area contributed by atoms with Gasteiger partial charge in [-0.15, -0.1) is 0 Å². The van der Waals surface area contributed by atoms with Crippen molar-refractivity contribution in [1.82, 2.24) is 9.97 Å². The lowest BCUT2D eigenvalue weighted by Crippen LogP contribution is -2.37. The SMILES string of the molecule is COc1ccc(NC(=O)c2ccc(Oc3nccnc3N3CCOCC3)cc2)c(OC)c1. The number of hydrogen-bond acceptors (Lipinski definition) is 8. The molecule has 32 heavy (non-hydrogen) atoms. The lowest BCUT2D eigenvalue weighted by molar-refractivity contribution is 0.102. The van der Waals surface area contributed by atoms with Crippen LogP contribution in [-0.2, 0) is 4.74 Å². The van der Waals surface area contributed by atoms with Crippen molar-refractivity contribution in [3.05, 3.63) is 60.4 Å². The Bertz CT molecular complexity index is 1070. The van der Waals surface area contributed by atoms with Gasteiger partial charge in [-0.3, -0.25) is 4.79 Å². The van der Waals surface area contributed by atoms with E-state index in [1.54, 1.807) is 62.0 Å². The standard InChI is InChI=1S/C23H24N4O5/c1-29-18-7-8-19(20(15-18)30-2)26-22(28)16-3-5-17(6-4-16)32-23-21(24-9-10-25-23)27-11-13-31-14-12-27/h3-10,15H,11-14H2,1-2H3,(H,26,28). The van der Waals surface area contributed by atoms with Gasteiger partial charge < -0.3 is 29.2 Å². The maximum Gasteiger partial charge on any atom is 0.263 e. The average molecular weight is 436 g/mol. The van der Waals surface area contributed by atoms with Crippen molar-refractivity contribution >= 4 is 17.4 Å². The summed E-state index contributed by atoms with van der Waals surface area (Å²) in [5, 5.41) is 2.85. The third kappa shape index (κ3) is 4.89. The summed E-state index contributed by atoms with van der Waals surface area (Å²) in [4.78, 5) is 23.5. The van der Waals surface area contributed by atoms with Gasteiger partial charge in [0.15, 0.2) is 5.82 Å². The molecule has 2 aromatic carbocycles. The Kier molecular flexibility index (Phi) is 6.66. The van der Waals surface area contributed by atoms with Crippen LogP contribution < -0.4 is 24.4 Å². The van der Waals surface area contributed by atoms with Crippen molar-refractivity contribution in [3.63, 3.8) is 0 Å². The predicted molar refractivity (Wildman–Crippen MR) is 119 cm³/mol. The molecule has 1 aliphatic rings. The van der Waals surface area contributed by atoms with E-state index in [2.05, 4.69) is 20.2 Å². The molecule has 0 radical (unpaired) electrons. The van der Waals surface area contributed by atoms with Crippen LogP contribution in [-0.4, -0.2) is 56.4 Å². The number of hydrogen-bond donors (Lipinski definition) is 1. The molecule has 1 amide bonds. The molecule has 0 spiro atoms. The van der Waals surface area contributed by atoms with Crippen LogP contribution in [0.25, 0.3) is 0 Å². The molecule has 0 bridgehead atoms. The lowest BCUT2D eigenvalue weighted by Gasteiger charge is -2.28. The molecular weight excluding hydrogens is 412 g/mol. The van der Waals surface area contributed by atoms with E-state index in [0.717, 1.165) is 13.1 Å². The Morgan fingerprint density at radius 2 is 1.69 bits per heavy atom. The number of anilines is 2. The van der Waals surface area contributed by atoms with Crippen LogP contribution in [0.15, 0.2) is 54.9 Å². The second kappa shape index (κ2) is 9.97. The average Bonchev–Trinajstić information content (AvgIpc) is 2.85. The number of carbonyl (C=O) groups excluding carboxylic acids is 1. The number of amides is 1. The van der Waals surface area contributed by atoms with Crippen molar-refractivity contribution < 1.29 is 23.7 Å². The summed E-state index contributed by atoms with van der Waals surface area (Å²) >= 11 is 0. The van der Waals surface area contributed by atoms with Gasteiger partial charge in [-0.05, 0) is 36.4 Å². The Hall–Kier alpha value is -3.85. The molecular formula is C23H24N4O5. The van der Waals surface area contributed by atoms with Gasteiger partial charge in [-0.2, -0.15) is 0 Å². The van der Waals surface area contributed by atoms with Crippen LogP contribution in [0.3, 0.4) is 0 Å². The summed E-state index contributed by atoms with van der Waals surface area (Å²) in [5.74, 6) is 2.52. The number of nitrogens with zero attached hydrogens (tertiary/aromatic N) is 3. The summed E-state index contributed by atoms with van der Waals surface area (Å²) in [6, 6.07) is 12.0. The quantitative estimate of drug-likeness (QED) is 0.602. The topological polar surface area (TPSA) is 95.0 Å². The number of rotatable bonds is 7. The Morgan fingerprint density at radius 3 is 2.41 bits per heavy atom. The molecule has 3 aromatic rings. The van der Waals surface area contributed by atoms with Gasteiger partial charge in [-0.1, -0.05) is 0 Å². The first-order chi connectivity index (χ1) is 15.7. The van der Waals surface area contributed by atoms with Gasteiger partial charge in [0.2, 0.25) is 0 Å². The molecule has 1 aromatic heterocycles. The molecule has 1 saturated heterocycles. The van der Waals surface area contributed by atoms with E-state index in [1.165, 1.54) is 7.11 Å². The zero-order valence-corrected chi connectivity index (χ0v) is 17.9. The number of nitrogens with one attached hydrogen (secondary N) is 1. The van der Waals surface area contributed by atoms with Crippen LogP contribution in [0.4, 0.5) is 11.5 Å². The Balaban J connectivity index is 1.45. The summed E-state index contributed by atoms with van der Waals surface area (Å²) in [6.07, 6.45) is 3.22. The highest BCUT2D eigenvalue weighted by Crippen LogP contribution is 2.31. The molecule has 0 saturated carbocycles. The van der Waals surface area contributed by atoms with Gasteiger partial charge in [-0.25, -0.2) is 9.97 Å². The lowest BCUT2D eigenvalue weighted by atomic mass is 10.2. The number of ether oxygens (including phenoxy) is 4. The number of carbonyl (C=O) groups is 1. The molecule has 9 heteroatoms. The van der Waals surface area contributed by atoms with Crippen LogP contribution in [0.2, 0.25) is 0 Å². The van der Waals surface area contributed by atoms with Crippen LogP contribution >= 0.6 is 0 Å². The zero-order valence-electron chi connectivity index (χ0n) is 17.9. The predicted octanol–water partition coefficient (Wildman–Crippen LogP) is 3.38. The van der Waals surface area contributed by atoms with E-state index in [4.69, 9.17) is 18.9 Å². The fourth-order valence-electron chi connectivity index (χ4n) is 3.26. The Morgan fingerprint density at radius 1 is 0.969 bits per heavy atom. The Labute approximate surface area is 185 Å². The zero-order chi connectivity index (χ0) is 22.3. The van der Waals surface area contributed by atoms with Crippen LogP contribution in [0, 0.1) is 0 Å². The minimum absolute atomic E-state index is 0.270. The van der Waals surface area contributed by atoms with E-state index in [0.29, 0.717) is 53.4 Å². The second-order valence-corrected chi connectivity index (χ2v) is 6.93. The second-order valence-electron chi connectivity index (χ2n) is 6.93. The molecule has 0 aliphatic carbocycles. The van der Waals surface area contributed by atoms with E-state index in [-0.39, 0.29) is 5.91 Å². The highest BCUT2D eigenvalue weighted by Gasteiger charge is 2.18. The minimum Gasteiger partial charge on any atom is -0.497 e. The maximum absolute atomic E-state index is 12.7. The molecule has 2 heterocycles. The first kappa shape index (κ1) is 21.4. The maximum atomic E-state index is 12.7. The van der Waals surface area contributed by atoms with Gasteiger partial charge in [0.1, 0.15) is 17.2 Å². The first-order valence-corrected chi connectivity index (χ1v) is 10.1. The smallest absolute Gasteiger partial charge is 0.263 e. The van der Waals surface area contributed by atoms with Crippen LogP contribution in [0.5, 0.6) is 23.1 Å². The third-order valence-electron chi connectivity index (χ3n) is 4.95. The van der Waals surface area contributed by atoms with Crippen molar-refractivity contribution in [2.75, 3.05) is 50.7 Å². The largest absolute Gasteiger partial charge is 0.497 e. The van der Waals surface area contributed by atoms with Crippen molar-refractivity contribution in [2.24, 2.45) is 0 Å². The molecule has 4 rings (SSSR count). The van der Waals surface area contributed by atoms with E-state index < -0.39 is 0 Å².